The average Bonchev–Trinajstić information content (AvgIpc) is 2.88. The Labute approximate surface area is 244 Å². The molecule has 0 aliphatic rings. The molecule has 3 aromatic rings. The van der Waals surface area contributed by atoms with Crippen LogP contribution in [0.15, 0.2) is 82.2 Å². The summed E-state index contributed by atoms with van der Waals surface area (Å²) in [5, 5.41) is 3.43. The zero-order chi connectivity index (χ0) is 28.7. The smallest absolute Gasteiger partial charge is 0.264 e. The van der Waals surface area contributed by atoms with E-state index in [4.69, 9.17) is 11.6 Å². The third kappa shape index (κ3) is 8.06. The molecule has 10 heteroatoms. The average molecular weight is 635 g/mol. The first-order chi connectivity index (χ1) is 18.4. The second-order valence-electron chi connectivity index (χ2n) is 9.54. The van der Waals surface area contributed by atoms with Gasteiger partial charge in [-0.15, -0.1) is 0 Å². The van der Waals surface area contributed by atoms with E-state index in [1.54, 1.807) is 60.7 Å². The van der Waals surface area contributed by atoms with Crippen LogP contribution < -0.4 is 9.62 Å². The Morgan fingerprint density at radius 3 is 2.08 bits per heavy atom. The van der Waals surface area contributed by atoms with Gasteiger partial charge in [0, 0.05) is 22.1 Å². The Morgan fingerprint density at radius 2 is 1.54 bits per heavy atom. The quantitative estimate of drug-likeness (QED) is 0.283. The lowest BCUT2D eigenvalue weighted by molar-refractivity contribution is -0.140. The molecule has 0 aliphatic carbocycles. The highest BCUT2D eigenvalue weighted by atomic mass is 79.9. The zero-order valence-electron chi connectivity index (χ0n) is 22.4. The minimum absolute atomic E-state index is 0.0673. The predicted molar refractivity (Wildman–Crippen MR) is 159 cm³/mol. The van der Waals surface area contributed by atoms with Crippen LogP contribution in [0, 0.1) is 6.92 Å². The van der Waals surface area contributed by atoms with E-state index in [1.165, 1.54) is 17.0 Å². The lowest BCUT2D eigenvalue weighted by atomic mass is 10.1. The van der Waals surface area contributed by atoms with E-state index >= 15 is 0 Å². The van der Waals surface area contributed by atoms with Crippen LogP contribution >= 0.6 is 27.5 Å². The van der Waals surface area contributed by atoms with Gasteiger partial charge in [0.1, 0.15) is 12.6 Å². The standard InChI is InChI=1S/C29H33BrClN3O4S/c1-5-27(29(36)32-20(2)3)33(18-22-8-12-24(31)13-9-22)28(35)19-34(25-14-10-23(30)11-15-25)39(37,38)26-16-6-21(4)7-17-26/h6-17,20,27H,5,18-19H2,1-4H3,(H,32,36). The lowest BCUT2D eigenvalue weighted by Gasteiger charge is -2.33. The Bertz CT molecular complexity index is 1380. The molecule has 1 N–H and O–H groups in total. The number of benzene rings is 3. The van der Waals surface area contributed by atoms with E-state index in [0.29, 0.717) is 17.1 Å². The van der Waals surface area contributed by atoms with Crippen molar-refractivity contribution in [3.05, 3.63) is 93.4 Å². The fourth-order valence-corrected chi connectivity index (χ4v) is 5.86. The topological polar surface area (TPSA) is 86.8 Å². The van der Waals surface area contributed by atoms with Crippen molar-refractivity contribution in [2.24, 2.45) is 0 Å². The molecule has 3 aromatic carbocycles. The van der Waals surface area contributed by atoms with Crippen molar-refractivity contribution in [3.8, 4) is 0 Å². The van der Waals surface area contributed by atoms with E-state index < -0.39 is 28.5 Å². The van der Waals surface area contributed by atoms with Crippen LogP contribution in [0.3, 0.4) is 0 Å². The van der Waals surface area contributed by atoms with Crippen molar-refractivity contribution in [2.45, 2.75) is 57.6 Å². The predicted octanol–water partition coefficient (Wildman–Crippen LogP) is 5.94. The van der Waals surface area contributed by atoms with E-state index in [2.05, 4.69) is 21.2 Å². The number of hydrogen-bond donors (Lipinski definition) is 1. The number of nitrogens with one attached hydrogen (secondary N) is 1. The second kappa shape index (κ2) is 13.5. The third-order valence-electron chi connectivity index (χ3n) is 6.09. The zero-order valence-corrected chi connectivity index (χ0v) is 25.6. The van der Waals surface area contributed by atoms with Crippen molar-refractivity contribution in [1.82, 2.24) is 10.2 Å². The number of sulfonamides is 1. The molecule has 1 atom stereocenters. The molecule has 0 saturated carbocycles. The van der Waals surface area contributed by atoms with Crippen molar-refractivity contribution in [2.75, 3.05) is 10.8 Å². The number of halogens is 2. The van der Waals surface area contributed by atoms with Gasteiger partial charge in [0.15, 0.2) is 0 Å². The molecule has 0 aliphatic heterocycles. The van der Waals surface area contributed by atoms with Crippen LogP contribution in [-0.4, -0.2) is 43.8 Å². The van der Waals surface area contributed by atoms with Gasteiger partial charge < -0.3 is 10.2 Å². The van der Waals surface area contributed by atoms with E-state index in [1.807, 2.05) is 27.7 Å². The fourth-order valence-electron chi connectivity index (χ4n) is 4.06. The van der Waals surface area contributed by atoms with E-state index in [9.17, 15) is 18.0 Å². The molecular formula is C29H33BrClN3O4S. The first kappa shape index (κ1) is 30.7. The van der Waals surface area contributed by atoms with Crippen LogP contribution in [0.25, 0.3) is 0 Å². The highest BCUT2D eigenvalue weighted by Gasteiger charge is 2.33. The molecule has 0 bridgehead atoms. The maximum atomic E-state index is 14.0. The van der Waals surface area contributed by atoms with Gasteiger partial charge >= 0.3 is 0 Å². The van der Waals surface area contributed by atoms with Gasteiger partial charge in [-0.25, -0.2) is 8.42 Å². The normalized spacial score (nSPS) is 12.2. The molecule has 0 heterocycles. The third-order valence-corrected chi connectivity index (χ3v) is 8.65. The number of aryl methyl sites for hydroxylation is 1. The largest absolute Gasteiger partial charge is 0.352 e. The number of nitrogens with zero attached hydrogens (tertiary/aromatic N) is 2. The molecular weight excluding hydrogens is 602 g/mol. The fraction of sp³-hybridized carbons (Fsp3) is 0.310. The number of anilines is 1. The number of carbonyl (C=O) groups is 2. The first-order valence-electron chi connectivity index (χ1n) is 12.6. The molecule has 0 aromatic heterocycles. The molecule has 0 spiro atoms. The van der Waals surface area contributed by atoms with E-state index in [-0.39, 0.29) is 23.4 Å². The van der Waals surface area contributed by atoms with Crippen LogP contribution in [0.5, 0.6) is 0 Å². The van der Waals surface area contributed by atoms with Gasteiger partial charge in [-0.3, -0.25) is 13.9 Å². The summed E-state index contributed by atoms with van der Waals surface area (Å²) < 4.78 is 29.6. The maximum absolute atomic E-state index is 14.0. The summed E-state index contributed by atoms with van der Waals surface area (Å²) >= 11 is 9.43. The Kier molecular flexibility index (Phi) is 10.6. The van der Waals surface area contributed by atoms with E-state index in [0.717, 1.165) is 19.9 Å². The van der Waals surface area contributed by atoms with Crippen LogP contribution in [0.1, 0.15) is 38.3 Å². The number of carbonyl (C=O) groups excluding carboxylic acids is 2. The summed E-state index contributed by atoms with van der Waals surface area (Å²) in [7, 11) is -4.11. The molecule has 1 unspecified atom stereocenters. The number of hydrogen-bond acceptors (Lipinski definition) is 4. The molecule has 0 fully saturated rings. The molecule has 2 amide bonds. The van der Waals surface area contributed by atoms with Crippen molar-refractivity contribution >= 4 is 55.1 Å². The maximum Gasteiger partial charge on any atom is 0.264 e. The van der Waals surface area contributed by atoms with Crippen molar-refractivity contribution < 1.29 is 18.0 Å². The molecule has 39 heavy (non-hydrogen) atoms. The molecule has 0 radical (unpaired) electrons. The summed E-state index contributed by atoms with van der Waals surface area (Å²) in [6, 6.07) is 19.2. The van der Waals surface area contributed by atoms with Crippen LogP contribution in [-0.2, 0) is 26.2 Å². The first-order valence-corrected chi connectivity index (χ1v) is 15.2. The lowest BCUT2D eigenvalue weighted by Crippen LogP contribution is -2.53. The minimum Gasteiger partial charge on any atom is -0.352 e. The second-order valence-corrected chi connectivity index (χ2v) is 12.8. The minimum atomic E-state index is -4.11. The summed E-state index contributed by atoms with van der Waals surface area (Å²) in [6.45, 7) is 7.00. The Morgan fingerprint density at radius 1 is 0.949 bits per heavy atom. The monoisotopic (exact) mass is 633 g/mol. The Balaban J connectivity index is 2.05. The summed E-state index contributed by atoms with van der Waals surface area (Å²) in [6.07, 6.45) is 0.348. The Hall–Kier alpha value is -2.88. The van der Waals surface area contributed by atoms with Gasteiger partial charge in [0.05, 0.1) is 10.6 Å². The summed E-state index contributed by atoms with van der Waals surface area (Å²) in [5.41, 5.74) is 2.01. The van der Waals surface area contributed by atoms with Crippen molar-refractivity contribution in [3.63, 3.8) is 0 Å². The highest BCUT2D eigenvalue weighted by Crippen LogP contribution is 2.26. The SMILES string of the molecule is CCC(C(=O)NC(C)C)N(Cc1ccc(Cl)cc1)C(=O)CN(c1ccc(Br)cc1)S(=O)(=O)c1ccc(C)cc1. The van der Waals surface area contributed by atoms with Crippen LogP contribution in [0.2, 0.25) is 5.02 Å². The summed E-state index contributed by atoms with van der Waals surface area (Å²) in [5.74, 6) is -0.805. The van der Waals surface area contributed by atoms with Gasteiger partial charge in [0.2, 0.25) is 11.8 Å². The number of rotatable bonds is 11. The van der Waals surface area contributed by atoms with Gasteiger partial charge in [-0.1, -0.05) is 64.3 Å². The van der Waals surface area contributed by atoms with Gasteiger partial charge in [0.25, 0.3) is 10.0 Å². The molecule has 208 valence electrons. The van der Waals surface area contributed by atoms with Crippen molar-refractivity contribution in [1.29, 1.82) is 0 Å². The molecule has 3 rings (SSSR count). The molecule has 0 saturated heterocycles. The van der Waals surface area contributed by atoms with Gasteiger partial charge in [-0.05, 0) is 81.3 Å². The summed E-state index contributed by atoms with van der Waals surface area (Å²) in [4.78, 5) is 28.7. The van der Waals surface area contributed by atoms with Gasteiger partial charge in [-0.2, -0.15) is 0 Å². The molecule has 7 nitrogen and oxygen atoms in total. The van der Waals surface area contributed by atoms with Crippen LogP contribution in [0.4, 0.5) is 5.69 Å². The highest BCUT2D eigenvalue weighted by molar-refractivity contribution is 9.10. The number of amides is 2.